The number of hydrogen-bond acceptors (Lipinski definition) is 5. The molecule has 4 nitrogen and oxygen atoms in total. The van der Waals surface area contributed by atoms with Crippen molar-refractivity contribution in [2.75, 3.05) is 7.11 Å². The molecule has 22 heavy (non-hydrogen) atoms. The third-order valence-corrected chi connectivity index (χ3v) is 2.92. The molecule has 0 atom stereocenters. The maximum Gasteiger partial charge on any atom is 0.573 e. The summed E-state index contributed by atoms with van der Waals surface area (Å²) in [4.78, 5) is 10.3. The Labute approximate surface area is 123 Å². The number of esters is 1. The van der Waals surface area contributed by atoms with E-state index in [9.17, 15) is 31.1 Å². The summed E-state index contributed by atoms with van der Waals surface area (Å²) in [5, 5.41) is 8.80. The third-order valence-electron chi connectivity index (χ3n) is 2.08. The van der Waals surface area contributed by atoms with Crippen molar-refractivity contribution in [1.29, 1.82) is 5.26 Å². The zero-order valence-electron chi connectivity index (χ0n) is 10.5. The van der Waals surface area contributed by atoms with E-state index in [-0.39, 0.29) is 0 Å². The monoisotopic (exact) mass is 345 g/mol. The number of benzene rings is 1. The summed E-state index contributed by atoms with van der Waals surface area (Å²) in [6.07, 6.45) is -5.28. The molecule has 1 aromatic carbocycles. The van der Waals surface area contributed by atoms with E-state index in [1.54, 1.807) is 0 Å². The summed E-state index contributed by atoms with van der Waals surface area (Å²) in [5.74, 6) is -2.65. The van der Waals surface area contributed by atoms with Gasteiger partial charge >= 0.3 is 17.8 Å². The van der Waals surface area contributed by atoms with Crippen LogP contribution in [0.3, 0.4) is 0 Å². The van der Waals surface area contributed by atoms with Crippen molar-refractivity contribution < 1.29 is 40.6 Å². The Morgan fingerprint density at radius 3 is 2.23 bits per heavy atom. The number of nitrogens with zero attached hydrogens (tertiary/aromatic N) is 1. The molecule has 120 valence electrons. The van der Waals surface area contributed by atoms with Crippen molar-refractivity contribution in [2.24, 2.45) is 0 Å². The lowest BCUT2D eigenvalue weighted by Gasteiger charge is -2.17. The Kier molecular flexibility index (Phi) is 5.18. The summed E-state index contributed by atoms with van der Waals surface area (Å²) < 4.78 is 82.0. The lowest BCUT2D eigenvalue weighted by Crippen LogP contribution is -2.19. The van der Waals surface area contributed by atoms with Crippen molar-refractivity contribution in [3.8, 4) is 11.8 Å². The van der Waals surface area contributed by atoms with Gasteiger partial charge in [-0.25, -0.2) is 4.79 Å². The molecule has 0 unspecified atom stereocenters. The highest BCUT2D eigenvalue weighted by atomic mass is 32.2. The van der Waals surface area contributed by atoms with E-state index in [0.717, 1.165) is 13.2 Å². The first kappa shape index (κ1) is 18.0. The van der Waals surface area contributed by atoms with Crippen LogP contribution in [0, 0.1) is 11.3 Å². The van der Waals surface area contributed by atoms with Gasteiger partial charge in [-0.1, -0.05) is 0 Å². The van der Waals surface area contributed by atoms with Crippen LogP contribution in [0.25, 0.3) is 0 Å². The molecule has 0 spiro atoms. The predicted octanol–water partition coefficient (Wildman–Crippen LogP) is 3.86. The van der Waals surface area contributed by atoms with Crippen molar-refractivity contribution >= 4 is 17.7 Å². The fourth-order valence-corrected chi connectivity index (χ4v) is 2.12. The quantitative estimate of drug-likeness (QED) is 0.473. The summed E-state index contributed by atoms with van der Waals surface area (Å²) in [5.41, 5.74) is -6.54. The van der Waals surface area contributed by atoms with E-state index in [2.05, 4.69) is 9.47 Å². The van der Waals surface area contributed by atoms with Crippen LogP contribution in [0.1, 0.15) is 15.9 Å². The van der Waals surface area contributed by atoms with Gasteiger partial charge in [-0.3, -0.25) is 0 Å². The van der Waals surface area contributed by atoms with E-state index < -0.39 is 51.4 Å². The molecule has 0 bridgehead atoms. The minimum absolute atomic E-state index is 0.520. The Morgan fingerprint density at radius 1 is 1.23 bits per heavy atom. The van der Waals surface area contributed by atoms with Crippen LogP contribution >= 0.6 is 11.8 Å². The highest BCUT2D eigenvalue weighted by molar-refractivity contribution is 8.00. The first-order chi connectivity index (χ1) is 9.98. The highest BCUT2D eigenvalue weighted by Crippen LogP contribution is 2.45. The molecule has 0 aliphatic heterocycles. The molecule has 11 heteroatoms. The van der Waals surface area contributed by atoms with Crippen LogP contribution in [-0.2, 0) is 4.74 Å². The minimum Gasteiger partial charge on any atom is -0.465 e. The van der Waals surface area contributed by atoms with E-state index in [1.165, 1.54) is 6.07 Å². The number of alkyl halides is 6. The molecule has 0 saturated heterocycles. The number of hydrogen-bond donors (Lipinski definition) is 0. The summed E-state index contributed by atoms with van der Waals surface area (Å²) in [7, 11) is 0.808. The normalized spacial score (nSPS) is 11.7. The van der Waals surface area contributed by atoms with Crippen molar-refractivity contribution in [2.45, 2.75) is 16.8 Å². The molecule has 0 amide bonds. The van der Waals surface area contributed by atoms with Crippen LogP contribution in [-0.4, -0.2) is 24.9 Å². The lowest BCUT2D eigenvalue weighted by atomic mass is 10.1. The highest BCUT2D eigenvalue weighted by Gasteiger charge is 2.38. The van der Waals surface area contributed by atoms with Gasteiger partial charge in [-0.05, 0) is 23.9 Å². The van der Waals surface area contributed by atoms with Crippen molar-refractivity contribution in [3.05, 3.63) is 23.3 Å². The molecule has 0 aliphatic rings. The largest absolute Gasteiger partial charge is 0.573 e. The average molecular weight is 345 g/mol. The molecule has 0 aliphatic carbocycles. The number of carbonyl (C=O) groups is 1. The Hall–Kier alpha value is -2.09. The fourth-order valence-electron chi connectivity index (χ4n) is 1.38. The summed E-state index contributed by atoms with van der Waals surface area (Å²) >= 11 is -1.01. The first-order valence-corrected chi connectivity index (χ1v) is 5.97. The van der Waals surface area contributed by atoms with Gasteiger partial charge < -0.3 is 9.47 Å². The third kappa shape index (κ3) is 4.73. The molecule has 0 heterocycles. The first-order valence-electron chi connectivity index (χ1n) is 5.15. The molecular formula is C11H5F6NO3S. The zero-order chi connectivity index (χ0) is 17.1. The van der Waals surface area contributed by atoms with Crippen LogP contribution in [0.2, 0.25) is 0 Å². The van der Waals surface area contributed by atoms with Crippen molar-refractivity contribution in [1.82, 2.24) is 0 Å². The molecule has 1 rings (SSSR count). The van der Waals surface area contributed by atoms with Gasteiger partial charge in [0, 0.05) is 0 Å². The van der Waals surface area contributed by atoms with Crippen LogP contribution in [0.15, 0.2) is 17.0 Å². The molecule has 0 radical (unpaired) electrons. The van der Waals surface area contributed by atoms with Crippen LogP contribution < -0.4 is 4.74 Å². The molecule has 0 aromatic heterocycles. The van der Waals surface area contributed by atoms with E-state index in [4.69, 9.17) is 5.26 Å². The van der Waals surface area contributed by atoms with Crippen LogP contribution in [0.4, 0.5) is 26.3 Å². The summed E-state index contributed by atoms with van der Waals surface area (Å²) in [6, 6.07) is 2.66. The standard InChI is InChI=1S/C11H5F6NO3S/c1-20-9(19)7-5(4-18)2-3-6(21-10(12,13)14)8(7)22-11(15,16)17/h2-3H,1H3. The van der Waals surface area contributed by atoms with Crippen LogP contribution in [0.5, 0.6) is 5.75 Å². The van der Waals surface area contributed by atoms with Gasteiger partial charge in [-0.15, -0.1) is 13.2 Å². The second-order valence-corrected chi connectivity index (χ2v) is 4.59. The number of nitriles is 1. The fraction of sp³-hybridized carbons (Fsp3) is 0.273. The number of thioether (sulfide) groups is 1. The van der Waals surface area contributed by atoms with Gasteiger partial charge in [-0.2, -0.15) is 18.4 Å². The minimum atomic E-state index is -5.28. The SMILES string of the molecule is COC(=O)c1c(C#N)ccc(OC(F)(F)F)c1SC(F)(F)F. The molecular weight excluding hydrogens is 340 g/mol. The van der Waals surface area contributed by atoms with Gasteiger partial charge in [0.25, 0.3) is 0 Å². The maximum atomic E-state index is 12.5. The van der Waals surface area contributed by atoms with Crippen molar-refractivity contribution in [3.63, 3.8) is 0 Å². The van der Waals surface area contributed by atoms with Gasteiger partial charge in [0.05, 0.1) is 23.1 Å². The summed E-state index contributed by atoms with van der Waals surface area (Å²) in [6.45, 7) is 0. The smallest absolute Gasteiger partial charge is 0.465 e. The second kappa shape index (κ2) is 6.35. The Bertz CT molecular complexity index is 620. The molecule has 0 N–H and O–H groups in total. The van der Waals surface area contributed by atoms with Gasteiger partial charge in [0.15, 0.2) is 0 Å². The number of rotatable bonds is 3. The predicted molar refractivity (Wildman–Crippen MR) is 61.1 cm³/mol. The maximum absolute atomic E-state index is 12.5. The Morgan fingerprint density at radius 2 is 1.82 bits per heavy atom. The average Bonchev–Trinajstić information content (AvgIpc) is 2.36. The number of methoxy groups -OCH3 is 1. The molecule has 1 aromatic rings. The number of carbonyl (C=O) groups excluding carboxylic acids is 1. The van der Waals surface area contributed by atoms with E-state index >= 15 is 0 Å². The topological polar surface area (TPSA) is 59.3 Å². The van der Waals surface area contributed by atoms with Gasteiger partial charge in [0.1, 0.15) is 11.8 Å². The second-order valence-electron chi connectivity index (χ2n) is 3.51. The van der Waals surface area contributed by atoms with E-state index in [0.29, 0.717) is 6.07 Å². The Balaban J connectivity index is 3.59. The van der Waals surface area contributed by atoms with E-state index in [1.807, 2.05) is 0 Å². The number of halogens is 6. The zero-order valence-corrected chi connectivity index (χ0v) is 11.3. The number of ether oxygens (including phenoxy) is 2. The van der Waals surface area contributed by atoms with Gasteiger partial charge in [0.2, 0.25) is 0 Å². The lowest BCUT2D eigenvalue weighted by molar-refractivity contribution is -0.275. The molecule has 0 fully saturated rings. The molecule has 0 saturated carbocycles.